The van der Waals surface area contributed by atoms with Gasteiger partial charge in [0.2, 0.25) is 5.91 Å². The van der Waals surface area contributed by atoms with E-state index in [1.165, 1.54) is 0 Å². The van der Waals surface area contributed by atoms with Gasteiger partial charge in [0.1, 0.15) is 11.7 Å². The van der Waals surface area contributed by atoms with E-state index in [9.17, 15) is 4.79 Å². The summed E-state index contributed by atoms with van der Waals surface area (Å²) in [7, 11) is 3.43. The Kier molecular flexibility index (Phi) is 5.10. The van der Waals surface area contributed by atoms with Crippen LogP contribution < -0.4 is 15.0 Å². The van der Waals surface area contributed by atoms with Crippen LogP contribution in [0.3, 0.4) is 0 Å². The van der Waals surface area contributed by atoms with Crippen molar-refractivity contribution in [1.29, 1.82) is 0 Å². The van der Waals surface area contributed by atoms with E-state index in [1.54, 1.807) is 48.2 Å². The standard InChI is InChI=1S/C20H18Cl3N3O2S/c1-20-15(18(27)25(2)3)16(13-8-11(22)9-14(23)17(13)28-20)24-19(29)26(20)12-6-4-10(21)5-7-12/h4-9,15-16H,1-3H3,(H,24,29)/t15-,16-,20-/m0/s1. The molecule has 1 saturated heterocycles. The lowest BCUT2D eigenvalue weighted by Crippen LogP contribution is -2.72. The summed E-state index contributed by atoms with van der Waals surface area (Å²) in [4.78, 5) is 16.6. The maximum atomic E-state index is 13.3. The van der Waals surface area contributed by atoms with Gasteiger partial charge in [-0.15, -0.1) is 0 Å². The van der Waals surface area contributed by atoms with Crippen molar-refractivity contribution in [2.75, 3.05) is 19.0 Å². The van der Waals surface area contributed by atoms with Crippen LogP contribution in [-0.4, -0.2) is 35.7 Å². The molecule has 5 nitrogen and oxygen atoms in total. The number of rotatable bonds is 2. The van der Waals surface area contributed by atoms with E-state index < -0.39 is 17.7 Å². The second-order valence-electron chi connectivity index (χ2n) is 7.41. The summed E-state index contributed by atoms with van der Waals surface area (Å²) in [6.45, 7) is 1.85. The maximum absolute atomic E-state index is 13.3. The van der Waals surface area contributed by atoms with Crippen molar-refractivity contribution in [3.63, 3.8) is 0 Å². The van der Waals surface area contributed by atoms with Crippen molar-refractivity contribution in [2.24, 2.45) is 5.92 Å². The van der Waals surface area contributed by atoms with E-state index in [4.69, 9.17) is 51.8 Å². The number of ether oxygens (including phenoxy) is 1. The van der Waals surface area contributed by atoms with Gasteiger partial charge in [-0.2, -0.15) is 0 Å². The monoisotopic (exact) mass is 469 g/mol. The number of nitrogens with one attached hydrogen (secondary N) is 1. The molecule has 0 unspecified atom stereocenters. The minimum absolute atomic E-state index is 0.104. The number of halogens is 3. The number of amides is 1. The molecule has 152 valence electrons. The molecule has 2 aliphatic heterocycles. The van der Waals surface area contributed by atoms with Gasteiger partial charge >= 0.3 is 0 Å². The Balaban J connectivity index is 1.94. The van der Waals surface area contributed by atoms with Crippen molar-refractivity contribution in [3.8, 4) is 5.75 Å². The van der Waals surface area contributed by atoms with Crippen LogP contribution in [0.4, 0.5) is 5.69 Å². The first-order valence-electron chi connectivity index (χ1n) is 8.89. The first-order chi connectivity index (χ1) is 13.6. The van der Waals surface area contributed by atoms with Crippen LogP contribution in [0.2, 0.25) is 15.1 Å². The zero-order valence-corrected chi connectivity index (χ0v) is 19.0. The van der Waals surface area contributed by atoms with Gasteiger partial charge in [-0.25, -0.2) is 0 Å². The molecule has 3 atom stereocenters. The Bertz CT molecular complexity index is 1010. The summed E-state index contributed by atoms with van der Waals surface area (Å²) in [5.41, 5.74) is 0.336. The fourth-order valence-electron chi connectivity index (χ4n) is 4.04. The number of nitrogens with zero attached hydrogens (tertiary/aromatic N) is 2. The highest BCUT2D eigenvalue weighted by atomic mass is 35.5. The summed E-state index contributed by atoms with van der Waals surface area (Å²) in [6, 6.07) is 10.1. The second-order valence-corrected chi connectivity index (χ2v) is 9.08. The van der Waals surface area contributed by atoms with Crippen LogP contribution >= 0.6 is 47.0 Å². The summed E-state index contributed by atoms with van der Waals surface area (Å²) in [6.07, 6.45) is 0. The molecule has 4 rings (SSSR count). The molecular formula is C20H18Cl3N3O2S. The molecule has 0 spiro atoms. The SMILES string of the molecule is CN(C)C(=O)[C@@H]1[C@H]2NC(=S)N(c3ccc(Cl)cc3)[C@@]1(C)Oc1c(Cl)cc(Cl)cc12. The van der Waals surface area contributed by atoms with Crippen molar-refractivity contribution in [1.82, 2.24) is 10.2 Å². The zero-order chi connectivity index (χ0) is 21.1. The highest BCUT2D eigenvalue weighted by molar-refractivity contribution is 7.80. The highest BCUT2D eigenvalue weighted by Gasteiger charge is 2.59. The predicted octanol–water partition coefficient (Wildman–Crippen LogP) is 4.90. The van der Waals surface area contributed by atoms with E-state index in [0.29, 0.717) is 31.5 Å². The molecule has 29 heavy (non-hydrogen) atoms. The number of carbonyl (C=O) groups excluding carboxylic acids is 1. The van der Waals surface area contributed by atoms with Gasteiger partial charge in [0.05, 0.1) is 11.1 Å². The molecule has 2 aromatic rings. The molecule has 2 heterocycles. The van der Waals surface area contributed by atoms with Crippen LogP contribution in [0.1, 0.15) is 18.5 Å². The molecule has 2 aliphatic rings. The van der Waals surface area contributed by atoms with Crippen LogP contribution in [0.15, 0.2) is 36.4 Å². The maximum Gasteiger partial charge on any atom is 0.233 e. The van der Waals surface area contributed by atoms with Crippen molar-refractivity contribution < 1.29 is 9.53 Å². The van der Waals surface area contributed by atoms with Crippen LogP contribution in [0, 0.1) is 5.92 Å². The van der Waals surface area contributed by atoms with E-state index >= 15 is 0 Å². The van der Waals surface area contributed by atoms with Gasteiger partial charge in [-0.3, -0.25) is 9.69 Å². The summed E-state index contributed by atoms with van der Waals surface area (Å²) >= 11 is 24.4. The lowest BCUT2D eigenvalue weighted by Gasteiger charge is -2.56. The van der Waals surface area contributed by atoms with Crippen molar-refractivity contribution in [2.45, 2.75) is 18.7 Å². The van der Waals surface area contributed by atoms with E-state index in [-0.39, 0.29) is 5.91 Å². The molecule has 2 bridgehead atoms. The smallest absolute Gasteiger partial charge is 0.233 e. The fraction of sp³-hybridized carbons (Fsp3) is 0.300. The Hall–Kier alpha value is -1.73. The predicted molar refractivity (Wildman–Crippen MR) is 120 cm³/mol. The quantitative estimate of drug-likeness (QED) is 0.633. The van der Waals surface area contributed by atoms with Gasteiger partial charge < -0.3 is 15.0 Å². The summed E-state index contributed by atoms with van der Waals surface area (Å²) in [5.74, 6) is -0.226. The molecular weight excluding hydrogens is 453 g/mol. The average Bonchev–Trinajstić information content (AvgIpc) is 2.63. The van der Waals surface area contributed by atoms with Gasteiger partial charge in [-0.05, 0) is 55.5 Å². The second kappa shape index (κ2) is 7.20. The molecule has 9 heteroatoms. The van der Waals surface area contributed by atoms with E-state index in [2.05, 4.69) is 5.32 Å². The number of hydrogen-bond donors (Lipinski definition) is 1. The summed E-state index contributed by atoms with van der Waals surface area (Å²) in [5, 5.41) is 5.19. The van der Waals surface area contributed by atoms with E-state index in [0.717, 1.165) is 5.69 Å². The summed E-state index contributed by atoms with van der Waals surface area (Å²) < 4.78 is 6.46. The molecule has 0 radical (unpaired) electrons. The van der Waals surface area contributed by atoms with Crippen LogP contribution in [-0.2, 0) is 4.79 Å². The molecule has 0 aliphatic carbocycles. The Morgan fingerprint density at radius 1 is 1.17 bits per heavy atom. The van der Waals surface area contributed by atoms with Crippen molar-refractivity contribution in [3.05, 3.63) is 57.0 Å². The normalized spacial score (nSPS) is 25.0. The third kappa shape index (κ3) is 3.22. The lowest BCUT2D eigenvalue weighted by molar-refractivity contribution is -0.144. The third-order valence-electron chi connectivity index (χ3n) is 5.31. The highest BCUT2D eigenvalue weighted by Crippen LogP contribution is 2.52. The number of anilines is 1. The van der Waals surface area contributed by atoms with Gasteiger partial charge in [0.25, 0.3) is 0 Å². The van der Waals surface area contributed by atoms with Crippen LogP contribution in [0.5, 0.6) is 5.75 Å². The zero-order valence-electron chi connectivity index (χ0n) is 15.9. The Morgan fingerprint density at radius 3 is 2.45 bits per heavy atom. The fourth-order valence-corrected chi connectivity index (χ4v) is 5.12. The number of hydrogen-bond acceptors (Lipinski definition) is 3. The topological polar surface area (TPSA) is 44.8 Å². The molecule has 1 amide bonds. The van der Waals surface area contributed by atoms with E-state index in [1.807, 2.05) is 19.1 Å². The van der Waals surface area contributed by atoms with Gasteiger partial charge in [0.15, 0.2) is 10.8 Å². The van der Waals surface area contributed by atoms with Crippen molar-refractivity contribution >= 4 is 63.7 Å². The Labute approximate surface area is 189 Å². The first kappa shape index (κ1) is 20.5. The number of benzene rings is 2. The van der Waals surface area contributed by atoms with Crippen LogP contribution in [0.25, 0.3) is 0 Å². The molecule has 0 aromatic heterocycles. The molecule has 1 fully saturated rings. The minimum atomic E-state index is -1.12. The molecule has 0 saturated carbocycles. The molecule has 2 aromatic carbocycles. The molecule has 1 N–H and O–H groups in total. The number of thiocarbonyl (C=S) groups is 1. The number of fused-ring (bicyclic) bond motifs is 4. The third-order valence-corrected chi connectivity index (χ3v) is 6.36. The van der Waals surface area contributed by atoms with Gasteiger partial charge in [-0.1, -0.05) is 34.8 Å². The minimum Gasteiger partial charge on any atom is -0.465 e. The number of carbonyl (C=O) groups is 1. The lowest BCUT2D eigenvalue weighted by atomic mass is 9.78. The first-order valence-corrected chi connectivity index (χ1v) is 10.4. The average molecular weight is 471 g/mol. The van der Waals surface area contributed by atoms with Gasteiger partial charge in [0, 0.05) is 35.4 Å². The largest absolute Gasteiger partial charge is 0.465 e. The Morgan fingerprint density at radius 2 is 1.83 bits per heavy atom.